The van der Waals surface area contributed by atoms with E-state index < -0.39 is 0 Å². The highest BCUT2D eigenvalue weighted by Crippen LogP contribution is 2.10. The zero-order chi connectivity index (χ0) is 14.1. The van der Waals surface area contributed by atoms with Gasteiger partial charge in [0.25, 0.3) is 0 Å². The van der Waals surface area contributed by atoms with Crippen molar-refractivity contribution in [2.75, 3.05) is 39.8 Å². The monoisotopic (exact) mass is 271 g/mol. The molecule has 0 aromatic heterocycles. The summed E-state index contributed by atoms with van der Waals surface area (Å²) in [6.45, 7) is 6.79. The molecular weight excluding hydrogens is 242 g/mol. The Labute approximate surface area is 116 Å². The number of carbonyl (C=O) groups excluding carboxylic acids is 1. The summed E-state index contributed by atoms with van der Waals surface area (Å²) in [5.74, 6) is 0.517. The van der Waals surface area contributed by atoms with Gasteiger partial charge in [0.05, 0.1) is 12.5 Å². The maximum atomic E-state index is 11.7. The summed E-state index contributed by atoms with van der Waals surface area (Å²) in [4.78, 5) is 14.2. The lowest BCUT2D eigenvalue weighted by atomic mass is 10.1. The number of ether oxygens (including phenoxy) is 1. The molecule has 0 saturated carbocycles. The highest BCUT2D eigenvalue weighted by Gasteiger charge is 2.15. The van der Waals surface area contributed by atoms with E-state index in [1.165, 1.54) is 32.4 Å². The Bertz CT molecular complexity index is 251. The second-order valence-corrected chi connectivity index (χ2v) is 5.57. The Hall–Kier alpha value is -0.650. The molecule has 1 fully saturated rings. The first-order valence-electron chi connectivity index (χ1n) is 7.37. The predicted octanol–water partition coefficient (Wildman–Crippen LogP) is 0.588. The van der Waals surface area contributed by atoms with Crippen LogP contribution in [0.5, 0.6) is 0 Å². The van der Waals surface area contributed by atoms with Crippen molar-refractivity contribution in [2.24, 2.45) is 11.7 Å². The highest BCUT2D eigenvalue weighted by atomic mass is 16.5. The normalized spacial score (nSPS) is 19.9. The van der Waals surface area contributed by atoms with Gasteiger partial charge < -0.3 is 20.7 Å². The third-order valence-electron chi connectivity index (χ3n) is 3.68. The molecule has 0 aromatic rings. The number of nitrogens with two attached hydrogens (primary N) is 1. The molecule has 1 saturated heterocycles. The lowest BCUT2D eigenvalue weighted by Gasteiger charge is -2.29. The lowest BCUT2D eigenvalue weighted by molar-refractivity contribution is -0.123. The Morgan fingerprint density at radius 3 is 2.63 bits per heavy atom. The largest absolute Gasteiger partial charge is 0.380 e. The minimum atomic E-state index is -0.169. The predicted molar refractivity (Wildman–Crippen MR) is 76.9 cm³/mol. The lowest BCUT2D eigenvalue weighted by Crippen LogP contribution is -2.39. The van der Waals surface area contributed by atoms with Gasteiger partial charge in [-0.15, -0.1) is 0 Å². The molecule has 1 amide bonds. The minimum absolute atomic E-state index is 0.0304. The van der Waals surface area contributed by atoms with Crippen molar-refractivity contribution < 1.29 is 9.53 Å². The number of hydrogen-bond acceptors (Lipinski definition) is 4. The number of methoxy groups -OCH3 is 1. The molecule has 2 unspecified atom stereocenters. The van der Waals surface area contributed by atoms with Crippen LogP contribution in [0.4, 0.5) is 0 Å². The maximum absolute atomic E-state index is 11.7. The van der Waals surface area contributed by atoms with Gasteiger partial charge in [0, 0.05) is 26.7 Å². The SMILES string of the molecule is COC(CN)CC(=O)NCC(C)CN1CCCCC1. The van der Waals surface area contributed by atoms with Gasteiger partial charge >= 0.3 is 0 Å². The summed E-state index contributed by atoms with van der Waals surface area (Å²) in [5, 5.41) is 2.97. The van der Waals surface area contributed by atoms with Gasteiger partial charge in [0.15, 0.2) is 0 Å². The molecule has 5 heteroatoms. The van der Waals surface area contributed by atoms with Crippen molar-refractivity contribution in [1.82, 2.24) is 10.2 Å². The Kier molecular flexibility index (Phi) is 8.02. The van der Waals surface area contributed by atoms with Crippen LogP contribution < -0.4 is 11.1 Å². The van der Waals surface area contributed by atoms with Crippen LogP contribution in [0.25, 0.3) is 0 Å². The van der Waals surface area contributed by atoms with Crippen LogP contribution in [-0.2, 0) is 9.53 Å². The summed E-state index contributed by atoms with van der Waals surface area (Å²) in [6, 6.07) is 0. The Balaban J connectivity index is 2.14. The average Bonchev–Trinajstić information content (AvgIpc) is 2.43. The number of nitrogens with zero attached hydrogens (tertiary/aromatic N) is 1. The number of likely N-dealkylation sites (tertiary alicyclic amines) is 1. The number of nitrogens with one attached hydrogen (secondary N) is 1. The highest BCUT2D eigenvalue weighted by molar-refractivity contribution is 5.76. The van der Waals surface area contributed by atoms with Gasteiger partial charge in [0.1, 0.15) is 0 Å². The van der Waals surface area contributed by atoms with E-state index >= 15 is 0 Å². The molecule has 0 aromatic carbocycles. The maximum Gasteiger partial charge on any atom is 0.222 e. The van der Waals surface area contributed by atoms with Gasteiger partial charge in [-0.25, -0.2) is 0 Å². The van der Waals surface area contributed by atoms with Crippen LogP contribution in [0.3, 0.4) is 0 Å². The number of rotatable bonds is 8. The van der Waals surface area contributed by atoms with Gasteiger partial charge in [-0.3, -0.25) is 4.79 Å². The van der Waals surface area contributed by atoms with E-state index in [1.807, 2.05) is 0 Å². The van der Waals surface area contributed by atoms with Crippen LogP contribution in [0.15, 0.2) is 0 Å². The summed E-state index contributed by atoms with van der Waals surface area (Å²) in [5.41, 5.74) is 5.50. The second kappa shape index (κ2) is 9.28. The molecule has 0 radical (unpaired) electrons. The number of piperidine rings is 1. The van der Waals surface area contributed by atoms with Crippen LogP contribution in [0.2, 0.25) is 0 Å². The van der Waals surface area contributed by atoms with Crippen molar-refractivity contribution >= 4 is 5.91 Å². The van der Waals surface area contributed by atoms with Crippen LogP contribution >= 0.6 is 0 Å². The average molecular weight is 271 g/mol. The number of hydrogen-bond donors (Lipinski definition) is 2. The quantitative estimate of drug-likeness (QED) is 0.678. The van der Waals surface area contributed by atoms with E-state index in [0.717, 1.165) is 13.1 Å². The molecule has 1 aliphatic rings. The summed E-state index contributed by atoms with van der Waals surface area (Å²) in [6.07, 6.45) is 4.16. The van der Waals surface area contributed by atoms with Crippen molar-refractivity contribution in [3.63, 3.8) is 0 Å². The van der Waals surface area contributed by atoms with Crippen molar-refractivity contribution in [3.8, 4) is 0 Å². The minimum Gasteiger partial charge on any atom is -0.380 e. The topological polar surface area (TPSA) is 67.6 Å². The fourth-order valence-electron chi connectivity index (χ4n) is 2.48. The first-order valence-corrected chi connectivity index (χ1v) is 7.37. The van der Waals surface area contributed by atoms with E-state index in [1.54, 1.807) is 7.11 Å². The second-order valence-electron chi connectivity index (χ2n) is 5.57. The van der Waals surface area contributed by atoms with Gasteiger partial charge in [0.2, 0.25) is 5.91 Å². The molecule has 0 bridgehead atoms. The Morgan fingerprint density at radius 2 is 2.05 bits per heavy atom. The fourth-order valence-corrected chi connectivity index (χ4v) is 2.48. The van der Waals surface area contributed by atoms with Gasteiger partial charge in [-0.1, -0.05) is 13.3 Å². The number of amides is 1. The molecule has 19 heavy (non-hydrogen) atoms. The molecule has 1 rings (SSSR count). The van der Waals surface area contributed by atoms with Crippen LogP contribution in [-0.4, -0.2) is 56.7 Å². The summed E-state index contributed by atoms with van der Waals surface area (Å²) < 4.78 is 5.10. The molecule has 112 valence electrons. The molecule has 1 aliphatic heterocycles. The van der Waals surface area contributed by atoms with E-state index in [0.29, 0.717) is 18.9 Å². The first kappa shape index (κ1) is 16.4. The molecule has 1 heterocycles. The standard InChI is InChI=1S/C14H29N3O2/c1-12(11-17-6-4-3-5-7-17)10-16-14(18)8-13(9-15)19-2/h12-13H,3-11,15H2,1-2H3,(H,16,18). The van der Waals surface area contributed by atoms with E-state index in [9.17, 15) is 4.79 Å². The summed E-state index contributed by atoms with van der Waals surface area (Å²) in [7, 11) is 1.59. The van der Waals surface area contributed by atoms with Crippen LogP contribution in [0, 0.1) is 5.92 Å². The first-order chi connectivity index (χ1) is 9.15. The molecule has 2 atom stereocenters. The third-order valence-corrected chi connectivity index (χ3v) is 3.68. The molecule has 5 nitrogen and oxygen atoms in total. The third kappa shape index (κ3) is 6.89. The van der Waals surface area contributed by atoms with Crippen molar-refractivity contribution in [2.45, 2.75) is 38.7 Å². The van der Waals surface area contributed by atoms with Crippen molar-refractivity contribution in [1.29, 1.82) is 0 Å². The van der Waals surface area contributed by atoms with E-state index in [-0.39, 0.29) is 12.0 Å². The molecule has 0 spiro atoms. The molecule has 0 aliphatic carbocycles. The van der Waals surface area contributed by atoms with Crippen molar-refractivity contribution in [3.05, 3.63) is 0 Å². The molecule has 3 N–H and O–H groups in total. The van der Waals surface area contributed by atoms with E-state index in [4.69, 9.17) is 10.5 Å². The fraction of sp³-hybridized carbons (Fsp3) is 0.929. The van der Waals surface area contributed by atoms with E-state index in [2.05, 4.69) is 17.1 Å². The molecular formula is C14H29N3O2. The summed E-state index contributed by atoms with van der Waals surface area (Å²) >= 11 is 0. The number of carbonyl (C=O) groups is 1. The Morgan fingerprint density at radius 1 is 1.37 bits per heavy atom. The van der Waals surface area contributed by atoms with Crippen LogP contribution in [0.1, 0.15) is 32.6 Å². The zero-order valence-electron chi connectivity index (χ0n) is 12.4. The van der Waals surface area contributed by atoms with Gasteiger partial charge in [-0.05, 0) is 31.8 Å². The van der Waals surface area contributed by atoms with Gasteiger partial charge in [-0.2, -0.15) is 0 Å². The smallest absolute Gasteiger partial charge is 0.222 e. The zero-order valence-corrected chi connectivity index (χ0v) is 12.4.